The van der Waals surface area contributed by atoms with Gasteiger partial charge in [0.1, 0.15) is 11.6 Å². The highest BCUT2D eigenvalue weighted by Crippen LogP contribution is 2.32. The molecule has 0 amide bonds. The van der Waals surface area contributed by atoms with Gasteiger partial charge in [0.2, 0.25) is 0 Å². The minimum Gasteiger partial charge on any atom is -0.493 e. The summed E-state index contributed by atoms with van der Waals surface area (Å²) >= 11 is 0. The van der Waals surface area contributed by atoms with Gasteiger partial charge in [-0.3, -0.25) is 0 Å². The maximum Gasteiger partial charge on any atom is 0.126 e. The fourth-order valence-electron chi connectivity index (χ4n) is 2.50. The predicted molar refractivity (Wildman–Crippen MR) is 71.4 cm³/mol. The lowest BCUT2D eigenvalue weighted by Gasteiger charge is -2.12. The van der Waals surface area contributed by atoms with E-state index in [4.69, 9.17) is 10.5 Å². The molecule has 1 atom stereocenters. The first-order chi connectivity index (χ1) is 8.72. The van der Waals surface area contributed by atoms with Gasteiger partial charge in [0.25, 0.3) is 0 Å². The Morgan fingerprint density at radius 1 is 1.33 bits per heavy atom. The van der Waals surface area contributed by atoms with Crippen molar-refractivity contribution in [2.24, 2.45) is 5.73 Å². The molecular weight excluding hydrogens is 229 g/mol. The first-order valence-electron chi connectivity index (χ1n) is 6.91. The molecule has 1 aromatic rings. The van der Waals surface area contributed by atoms with Gasteiger partial charge in [0.05, 0.1) is 6.61 Å². The summed E-state index contributed by atoms with van der Waals surface area (Å²) in [7, 11) is 0. The van der Waals surface area contributed by atoms with Crippen molar-refractivity contribution in [3.63, 3.8) is 0 Å². The van der Waals surface area contributed by atoms with Gasteiger partial charge in [0, 0.05) is 11.6 Å². The number of nitrogens with two attached hydrogens (primary N) is 1. The first-order valence-corrected chi connectivity index (χ1v) is 6.91. The molecular formula is C15H22FNO. The van der Waals surface area contributed by atoms with E-state index in [0.29, 0.717) is 6.61 Å². The summed E-state index contributed by atoms with van der Waals surface area (Å²) in [4.78, 5) is 0. The zero-order valence-corrected chi connectivity index (χ0v) is 11.0. The van der Waals surface area contributed by atoms with Crippen molar-refractivity contribution < 1.29 is 9.13 Å². The Kier molecular flexibility index (Phi) is 4.59. The molecule has 0 bridgehead atoms. The SMILES string of the molecule is CCC(N)CCCOc1ccc(F)c2c1CCC2. The van der Waals surface area contributed by atoms with Gasteiger partial charge in [-0.2, -0.15) is 0 Å². The van der Waals surface area contributed by atoms with E-state index in [9.17, 15) is 4.39 Å². The van der Waals surface area contributed by atoms with E-state index < -0.39 is 0 Å². The quantitative estimate of drug-likeness (QED) is 0.788. The third-order valence-electron chi connectivity index (χ3n) is 3.69. The van der Waals surface area contributed by atoms with Gasteiger partial charge in [-0.25, -0.2) is 4.39 Å². The molecule has 0 saturated carbocycles. The van der Waals surface area contributed by atoms with Crippen LogP contribution in [0.15, 0.2) is 12.1 Å². The number of ether oxygens (including phenoxy) is 1. The van der Waals surface area contributed by atoms with E-state index in [1.54, 1.807) is 6.07 Å². The molecule has 0 aliphatic heterocycles. The molecule has 0 heterocycles. The summed E-state index contributed by atoms with van der Waals surface area (Å²) < 4.78 is 19.3. The van der Waals surface area contributed by atoms with Crippen LogP contribution in [0.2, 0.25) is 0 Å². The molecule has 0 fully saturated rings. The number of hydrogen-bond acceptors (Lipinski definition) is 2. The Morgan fingerprint density at radius 3 is 2.89 bits per heavy atom. The fourth-order valence-corrected chi connectivity index (χ4v) is 2.50. The molecule has 2 N–H and O–H groups in total. The van der Waals surface area contributed by atoms with Crippen LogP contribution < -0.4 is 10.5 Å². The molecule has 1 aliphatic rings. The number of rotatable bonds is 6. The Labute approximate surface area is 108 Å². The molecule has 0 aromatic heterocycles. The van der Waals surface area contributed by atoms with Gasteiger partial charge < -0.3 is 10.5 Å². The van der Waals surface area contributed by atoms with Crippen molar-refractivity contribution in [1.82, 2.24) is 0 Å². The summed E-state index contributed by atoms with van der Waals surface area (Å²) in [5.41, 5.74) is 7.79. The molecule has 100 valence electrons. The highest BCUT2D eigenvalue weighted by Gasteiger charge is 2.19. The van der Waals surface area contributed by atoms with Gasteiger partial charge in [0.15, 0.2) is 0 Å². The number of halogens is 1. The lowest BCUT2D eigenvalue weighted by atomic mass is 10.1. The highest BCUT2D eigenvalue weighted by molar-refractivity contribution is 5.43. The monoisotopic (exact) mass is 251 g/mol. The number of hydrogen-bond donors (Lipinski definition) is 1. The Bertz CT molecular complexity index is 406. The second-order valence-electron chi connectivity index (χ2n) is 5.02. The molecule has 2 rings (SSSR count). The first kappa shape index (κ1) is 13.3. The van der Waals surface area contributed by atoms with Gasteiger partial charge in [-0.1, -0.05) is 6.92 Å². The summed E-state index contributed by atoms with van der Waals surface area (Å²) in [6, 6.07) is 3.56. The van der Waals surface area contributed by atoms with Crippen molar-refractivity contribution in [3.8, 4) is 5.75 Å². The highest BCUT2D eigenvalue weighted by atomic mass is 19.1. The van der Waals surface area contributed by atoms with Crippen LogP contribution in [0, 0.1) is 5.82 Å². The van der Waals surface area contributed by atoms with E-state index >= 15 is 0 Å². The molecule has 2 nitrogen and oxygen atoms in total. The lowest BCUT2D eigenvalue weighted by molar-refractivity contribution is 0.297. The van der Waals surface area contributed by atoms with Crippen molar-refractivity contribution in [1.29, 1.82) is 0 Å². The van der Waals surface area contributed by atoms with Gasteiger partial charge in [-0.15, -0.1) is 0 Å². The van der Waals surface area contributed by atoms with Gasteiger partial charge in [-0.05, 0) is 56.2 Å². The van der Waals surface area contributed by atoms with Crippen LogP contribution in [0.1, 0.15) is 43.7 Å². The third-order valence-corrected chi connectivity index (χ3v) is 3.69. The second-order valence-corrected chi connectivity index (χ2v) is 5.02. The lowest BCUT2D eigenvalue weighted by Crippen LogP contribution is -2.19. The summed E-state index contributed by atoms with van der Waals surface area (Å²) in [5, 5.41) is 0. The second kappa shape index (κ2) is 6.19. The normalized spacial score (nSPS) is 15.5. The average Bonchev–Trinajstić information content (AvgIpc) is 2.86. The van der Waals surface area contributed by atoms with E-state index in [-0.39, 0.29) is 11.9 Å². The summed E-state index contributed by atoms with van der Waals surface area (Å²) in [6.07, 6.45) is 5.77. The zero-order valence-electron chi connectivity index (χ0n) is 11.0. The summed E-state index contributed by atoms with van der Waals surface area (Å²) in [6.45, 7) is 2.77. The van der Waals surface area contributed by atoms with Crippen molar-refractivity contribution in [2.75, 3.05) is 6.61 Å². The van der Waals surface area contributed by atoms with E-state index in [1.807, 2.05) is 0 Å². The smallest absolute Gasteiger partial charge is 0.126 e. The largest absolute Gasteiger partial charge is 0.493 e. The fraction of sp³-hybridized carbons (Fsp3) is 0.600. The molecule has 0 saturated heterocycles. The zero-order chi connectivity index (χ0) is 13.0. The number of benzene rings is 1. The molecule has 1 unspecified atom stereocenters. The van der Waals surface area contributed by atoms with Crippen LogP contribution >= 0.6 is 0 Å². The molecule has 1 aromatic carbocycles. The van der Waals surface area contributed by atoms with Crippen LogP contribution in [0.25, 0.3) is 0 Å². The Hall–Kier alpha value is -1.09. The third kappa shape index (κ3) is 3.02. The van der Waals surface area contributed by atoms with Crippen LogP contribution in [0.3, 0.4) is 0 Å². The molecule has 3 heteroatoms. The standard InChI is InChI=1S/C15H22FNO/c1-2-11(17)5-4-10-18-15-9-8-14(16)12-6-3-7-13(12)15/h8-9,11H,2-7,10,17H2,1H3. The van der Waals surface area contributed by atoms with Gasteiger partial charge >= 0.3 is 0 Å². The molecule has 1 aliphatic carbocycles. The van der Waals surface area contributed by atoms with Crippen LogP contribution in [0.4, 0.5) is 4.39 Å². The maximum atomic E-state index is 13.5. The summed E-state index contributed by atoms with van der Waals surface area (Å²) in [5.74, 6) is 0.789. The van der Waals surface area contributed by atoms with Crippen LogP contribution in [-0.4, -0.2) is 12.6 Å². The van der Waals surface area contributed by atoms with Crippen LogP contribution in [-0.2, 0) is 12.8 Å². The van der Waals surface area contributed by atoms with E-state index in [1.165, 1.54) is 6.07 Å². The molecule has 18 heavy (non-hydrogen) atoms. The Balaban J connectivity index is 1.89. The van der Waals surface area contributed by atoms with E-state index in [0.717, 1.165) is 55.4 Å². The van der Waals surface area contributed by atoms with E-state index in [2.05, 4.69) is 6.92 Å². The van der Waals surface area contributed by atoms with Crippen molar-refractivity contribution >= 4 is 0 Å². The maximum absolute atomic E-state index is 13.5. The number of fused-ring (bicyclic) bond motifs is 1. The molecule has 0 radical (unpaired) electrons. The minimum atomic E-state index is -0.0807. The Morgan fingerprint density at radius 2 is 2.11 bits per heavy atom. The van der Waals surface area contributed by atoms with Crippen molar-refractivity contribution in [3.05, 3.63) is 29.1 Å². The van der Waals surface area contributed by atoms with Crippen LogP contribution in [0.5, 0.6) is 5.75 Å². The average molecular weight is 251 g/mol. The topological polar surface area (TPSA) is 35.2 Å². The van der Waals surface area contributed by atoms with Crippen molar-refractivity contribution in [2.45, 2.75) is 51.5 Å². The molecule has 0 spiro atoms. The predicted octanol–water partition coefficient (Wildman–Crippen LogP) is 3.21. The minimum absolute atomic E-state index is 0.0807.